The second-order valence-electron chi connectivity index (χ2n) is 6.46. The maximum Gasteiger partial charge on any atom is 0.175 e. The minimum Gasteiger partial charge on any atom is -0.197 e. The van der Waals surface area contributed by atoms with E-state index in [2.05, 4.69) is 18.2 Å². The molecule has 1 fully saturated rings. The van der Waals surface area contributed by atoms with Crippen molar-refractivity contribution < 1.29 is 0 Å². The van der Waals surface area contributed by atoms with Crippen LogP contribution in [0.25, 0.3) is 10.8 Å². The van der Waals surface area contributed by atoms with E-state index >= 15 is 0 Å². The molecular weight excluding hydrogens is 342 g/mol. The van der Waals surface area contributed by atoms with E-state index in [0.29, 0.717) is 10.6 Å². The van der Waals surface area contributed by atoms with Crippen LogP contribution in [-0.4, -0.2) is 0 Å². The first-order chi connectivity index (χ1) is 12.6. The molecule has 4 rings (SSSR count). The Balaban J connectivity index is 2.01. The zero-order valence-corrected chi connectivity index (χ0v) is 14.4. The highest BCUT2D eigenvalue weighted by molar-refractivity contribution is 6.30. The van der Waals surface area contributed by atoms with Crippen LogP contribution in [-0.2, 0) is 5.41 Å². The summed E-state index contributed by atoms with van der Waals surface area (Å²) in [5.74, 6) is -0.526. The van der Waals surface area contributed by atoms with E-state index in [4.69, 9.17) is 11.6 Å². The van der Waals surface area contributed by atoms with Crippen molar-refractivity contribution in [2.45, 2.75) is 11.3 Å². The second kappa shape index (κ2) is 5.60. The molecule has 1 saturated carbocycles. The monoisotopic (exact) mass is 353 g/mol. The fraction of sp³-hybridized carbons (Fsp3) is 0.136. The van der Waals surface area contributed by atoms with Crippen LogP contribution in [0.1, 0.15) is 17.0 Å². The molecule has 0 bridgehead atoms. The number of benzene rings is 3. The summed E-state index contributed by atoms with van der Waals surface area (Å²) in [6, 6.07) is 27.1. The van der Waals surface area contributed by atoms with Crippen LogP contribution in [0.2, 0.25) is 5.02 Å². The Kier molecular flexibility index (Phi) is 3.48. The molecule has 2 atom stereocenters. The minimum absolute atomic E-state index is 0.526. The summed E-state index contributed by atoms with van der Waals surface area (Å²) in [7, 11) is 0. The summed E-state index contributed by atoms with van der Waals surface area (Å²) in [5.41, 5.74) is -1.15. The molecule has 0 radical (unpaired) electrons. The summed E-state index contributed by atoms with van der Waals surface area (Å²) in [5, 5.41) is 32.4. The van der Waals surface area contributed by atoms with E-state index in [-0.39, 0.29) is 0 Å². The molecule has 0 aromatic heterocycles. The van der Waals surface area contributed by atoms with Gasteiger partial charge in [0.05, 0.1) is 18.2 Å². The molecule has 0 spiro atoms. The van der Waals surface area contributed by atoms with Crippen molar-refractivity contribution in [2.24, 2.45) is 5.41 Å². The third-order valence-corrected chi connectivity index (χ3v) is 5.62. The van der Waals surface area contributed by atoms with Gasteiger partial charge in [0.1, 0.15) is 5.41 Å². The molecule has 1 aliphatic carbocycles. The predicted octanol–water partition coefficient (Wildman–Crippen LogP) is 5.09. The molecule has 3 aromatic carbocycles. The Morgan fingerprint density at radius 1 is 0.769 bits per heavy atom. The summed E-state index contributed by atoms with van der Waals surface area (Å²) >= 11 is 5.98. The van der Waals surface area contributed by atoms with Gasteiger partial charge in [-0.05, 0) is 34.0 Å². The van der Waals surface area contributed by atoms with Gasteiger partial charge in [-0.2, -0.15) is 15.8 Å². The SMILES string of the molecule is N#CC1(C#N)[C@@H](c2cccc3ccccc23)[C@@]1(C#N)c1ccc(Cl)cc1. The van der Waals surface area contributed by atoms with Crippen LogP contribution in [0, 0.1) is 39.4 Å². The largest absolute Gasteiger partial charge is 0.197 e. The van der Waals surface area contributed by atoms with Gasteiger partial charge in [-0.15, -0.1) is 0 Å². The van der Waals surface area contributed by atoms with Gasteiger partial charge in [0.15, 0.2) is 5.41 Å². The number of hydrogen-bond donors (Lipinski definition) is 0. The highest BCUT2D eigenvalue weighted by atomic mass is 35.5. The maximum atomic E-state index is 10.1. The first kappa shape index (κ1) is 16.2. The molecule has 4 heteroatoms. The summed E-state index contributed by atoms with van der Waals surface area (Å²) in [6.07, 6.45) is 0. The highest BCUT2D eigenvalue weighted by Gasteiger charge is 2.81. The number of nitrogens with zero attached hydrogens (tertiary/aromatic N) is 3. The van der Waals surface area contributed by atoms with E-state index in [9.17, 15) is 15.8 Å². The topological polar surface area (TPSA) is 71.4 Å². The van der Waals surface area contributed by atoms with Crippen molar-refractivity contribution in [2.75, 3.05) is 0 Å². The first-order valence-corrected chi connectivity index (χ1v) is 8.50. The van der Waals surface area contributed by atoms with Crippen LogP contribution in [0.15, 0.2) is 66.7 Å². The molecule has 3 nitrogen and oxygen atoms in total. The lowest BCUT2D eigenvalue weighted by Gasteiger charge is -2.11. The van der Waals surface area contributed by atoms with Gasteiger partial charge in [-0.3, -0.25) is 0 Å². The van der Waals surface area contributed by atoms with Gasteiger partial charge < -0.3 is 0 Å². The molecule has 0 aliphatic heterocycles. The average Bonchev–Trinajstić information content (AvgIpc) is 3.31. The Morgan fingerprint density at radius 2 is 1.42 bits per heavy atom. The molecule has 0 saturated heterocycles. The number of hydrogen-bond acceptors (Lipinski definition) is 3. The van der Waals surface area contributed by atoms with Gasteiger partial charge >= 0.3 is 0 Å². The summed E-state index contributed by atoms with van der Waals surface area (Å²) in [6.45, 7) is 0. The van der Waals surface area contributed by atoms with Crippen molar-refractivity contribution in [3.05, 3.63) is 82.9 Å². The smallest absolute Gasteiger partial charge is 0.175 e. The van der Waals surface area contributed by atoms with Crippen LogP contribution in [0.3, 0.4) is 0 Å². The lowest BCUT2D eigenvalue weighted by molar-refractivity contribution is 0.742. The molecule has 0 unspecified atom stereocenters. The molecule has 0 amide bonds. The van der Waals surface area contributed by atoms with E-state index in [1.165, 1.54) is 0 Å². The Labute approximate surface area is 156 Å². The van der Waals surface area contributed by atoms with Crippen LogP contribution in [0.5, 0.6) is 0 Å². The molecule has 3 aromatic rings. The lowest BCUT2D eigenvalue weighted by atomic mass is 9.88. The highest BCUT2D eigenvalue weighted by Crippen LogP contribution is 2.74. The third kappa shape index (κ3) is 1.86. The normalized spacial score (nSPS) is 22.8. The number of halogens is 1. The number of fused-ring (bicyclic) bond motifs is 1. The maximum absolute atomic E-state index is 10.1. The average molecular weight is 354 g/mol. The minimum atomic E-state index is -1.43. The fourth-order valence-corrected chi connectivity index (χ4v) is 4.22. The van der Waals surface area contributed by atoms with Crippen LogP contribution >= 0.6 is 11.6 Å². The van der Waals surface area contributed by atoms with Gasteiger partial charge in [-0.25, -0.2) is 0 Å². The van der Waals surface area contributed by atoms with Gasteiger partial charge in [0, 0.05) is 10.9 Å². The molecule has 0 N–H and O–H groups in total. The Bertz CT molecular complexity index is 1130. The van der Waals surface area contributed by atoms with Crippen molar-refractivity contribution in [1.82, 2.24) is 0 Å². The Hall–Kier alpha value is -3.32. The predicted molar refractivity (Wildman–Crippen MR) is 99.1 cm³/mol. The van der Waals surface area contributed by atoms with E-state index in [1.54, 1.807) is 24.3 Å². The van der Waals surface area contributed by atoms with Crippen molar-refractivity contribution in [1.29, 1.82) is 15.8 Å². The van der Waals surface area contributed by atoms with Crippen LogP contribution in [0.4, 0.5) is 0 Å². The standard InChI is InChI=1S/C22H12ClN3/c23-17-10-8-16(9-11-17)22(14-26)20(21(22,12-24)13-25)19-7-3-5-15-4-1-2-6-18(15)19/h1-11,20H/t20-,22-/m1/s1. The van der Waals surface area contributed by atoms with Gasteiger partial charge in [0.25, 0.3) is 0 Å². The van der Waals surface area contributed by atoms with Gasteiger partial charge in [-0.1, -0.05) is 66.2 Å². The number of nitriles is 3. The molecule has 122 valence electrons. The summed E-state index contributed by atoms with van der Waals surface area (Å²) < 4.78 is 0. The van der Waals surface area contributed by atoms with Crippen LogP contribution < -0.4 is 0 Å². The fourth-order valence-electron chi connectivity index (χ4n) is 4.10. The lowest BCUT2D eigenvalue weighted by Crippen LogP contribution is -2.14. The zero-order chi connectivity index (χ0) is 18.4. The molecule has 1 aliphatic rings. The molecular formula is C22H12ClN3. The zero-order valence-electron chi connectivity index (χ0n) is 13.6. The van der Waals surface area contributed by atoms with E-state index in [0.717, 1.165) is 16.3 Å². The number of rotatable bonds is 2. The van der Waals surface area contributed by atoms with Crippen molar-refractivity contribution in [3.8, 4) is 18.2 Å². The first-order valence-electron chi connectivity index (χ1n) is 8.12. The second-order valence-corrected chi connectivity index (χ2v) is 6.90. The van der Waals surface area contributed by atoms with Crippen molar-refractivity contribution in [3.63, 3.8) is 0 Å². The van der Waals surface area contributed by atoms with Crippen molar-refractivity contribution >= 4 is 22.4 Å². The summed E-state index contributed by atoms with van der Waals surface area (Å²) in [4.78, 5) is 0. The third-order valence-electron chi connectivity index (χ3n) is 5.37. The Morgan fingerprint density at radius 3 is 2.08 bits per heavy atom. The molecule has 0 heterocycles. The molecule has 26 heavy (non-hydrogen) atoms. The van der Waals surface area contributed by atoms with Gasteiger partial charge in [0.2, 0.25) is 0 Å². The van der Waals surface area contributed by atoms with E-state index < -0.39 is 16.7 Å². The van der Waals surface area contributed by atoms with E-state index in [1.807, 2.05) is 42.5 Å². The quantitative estimate of drug-likeness (QED) is 0.644.